The van der Waals surface area contributed by atoms with Crippen LogP contribution in [0.1, 0.15) is 18.5 Å². The minimum atomic E-state index is 0.0551. The minimum Gasteiger partial charge on any atom is -0.491 e. The highest BCUT2D eigenvalue weighted by Crippen LogP contribution is 2.37. The summed E-state index contributed by atoms with van der Waals surface area (Å²) < 4.78 is 11.1. The summed E-state index contributed by atoms with van der Waals surface area (Å²) in [6.45, 7) is 3.35. The van der Waals surface area contributed by atoms with E-state index < -0.39 is 0 Å². The lowest BCUT2D eigenvalue weighted by Crippen LogP contribution is -2.15. The van der Waals surface area contributed by atoms with Crippen LogP contribution in [0, 0.1) is 0 Å². The number of nitrogens with one attached hydrogen (secondary N) is 2. The predicted molar refractivity (Wildman–Crippen MR) is 81.0 cm³/mol. The summed E-state index contributed by atoms with van der Waals surface area (Å²) in [6.07, 6.45) is 1.52. The van der Waals surface area contributed by atoms with E-state index in [-0.39, 0.29) is 6.04 Å². The molecule has 110 valence electrons. The van der Waals surface area contributed by atoms with Crippen molar-refractivity contribution in [3.05, 3.63) is 36.2 Å². The lowest BCUT2D eigenvalue weighted by Gasteiger charge is -2.16. The van der Waals surface area contributed by atoms with Gasteiger partial charge in [0.15, 0.2) is 11.6 Å². The molecule has 0 saturated heterocycles. The summed E-state index contributed by atoms with van der Waals surface area (Å²) in [5.74, 6) is 2.87. The zero-order valence-corrected chi connectivity index (χ0v) is 12.1. The second-order valence-corrected chi connectivity index (χ2v) is 4.68. The van der Waals surface area contributed by atoms with Crippen molar-refractivity contribution in [3.63, 3.8) is 0 Å². The highest BCUT2D eigenvalue weighted by molar-refractivity contribution is 5.64. The number of benzene rings is 1. The molecule has 1 atom stereocenters. The van der Waals surface area contributed by atoms with Crippen molar-refractivity contribution in [1.29, 1.82) is 0 Å². The van der Waals surface area contributed by atoms with Gasteiger partial charge in [-0.25, -0.2) is 9.97 Å². The number of para-hydroxylation sites is 1. The SMILES string of the molecule is CCNc1ncnc(NC2COc3ccccc32)c1OC. The molecule has 3 rings (SSSR count). The van der Waals surface area contributed by atoms with Gasteiger partial charge < -0.3 is 20.1 Å². The van der Waals surface area contributed by atoms with Gasteiger partial charge >= 0.3 is 0 Å². The fraction of sp³-hybridized carbons (Fsp3) is 0.333. The number of fused-ring (bicyclic) bond motifs is 1. The van der Waals surface area contributed by atoms with Crippen molar-refractivity contribution >= 4 is 11.6 Å². The second-order valence-electron chi connectivity index (χ2n) is 4.68. The first kappa shape index (κ1) is 13.5. The van der Waals surface area contributed by atoms with E-state index in [1.54, 1.807) is 7.11 Å². The smallest absolute Gasteiger partial charge is 0.204 e. The average molecular weight is 286 g/mol. The fourth-order valence-corrected chi connectivity index (χ4v) is 2.41. The Morgan fingerprint density at radius 1 is 1.29 bits per heavy atom. The fourth-order valence-electron chi connectivity index (χ4n) is 2.41. The van der Waals surface area contributed by atoms with Crippen LogP contribution in [0.3, 0.4) is 0 Å². The van der Waals surface area contributed by atoms with Crippen LogP contribution < -0.4 is 20.1 Å². The third-order valence-electron chi connectivity index (χ3n) is 3.36. The number of hydrogen-bond donors (Lipinski definition) is 2. The first-order valence-electron chi connectivity index (χ1n) is 6.94. The van der Waals surface area contributed by atoms with Crippen LogP contribution in [0.15, 0.2) is 30.6 Å². The molecule has 0 bridgehead atoms. The molecule has 1 aliphatic heterocycles. The topological polar surface area (TPSA) is 68.3 Å². The largest absolute Gasteiger partial charge is 0.491 e. The van der Waals surface area contributed by atoms with E-state index in [0.717, 1.165) is 17.9 Å². The summed E-state index contributed by atoms with van der Waals surface area (Å²) in [5, 5.41) is 6.54. The van der Waals surface area contributed by atoms with Gasteiger partial charge in [0.1, 0.15) is 18.7 Å². The van der Waals surface area contributed by atoms with E-state index in [4.69, 9.17) is 9.47 Å². The molecule has 6 nitrogen and oxygen atoms in total. The molecule has 0 aliphatic carbocycles. The van der Waals surface area contributed by atoms with Crippen LogP contribution in [-0.2, 0) is 0 Å². The Labute approximate surface area is 123 Å². The highest BCUT2D eigenvalue weighted by atomic mass is 16.5. The van der Waals surface area contributed by atoms with Crippen molar-refractivity contribution in [2.24, 2.45) is 0 Å². The van der Waals surface area contributed by atoms with Gasteiger partial charge in [-0.05, 0) is 13.0 Å². The molecule has 0 fully saturated rings. The quantitative estimate of drug-likeness (QED) is 0.880. The minimum absolute atomic E-state index is 0.0551. The van der Waals surface area contributed by atoms with E-state index in [1.807, 2.05) is 25.1 Å². The normalized spacial score (nSPS) is 16.0. The van der Waals surface area contributed by atoms with Gasteiger partial charge in [0.2, 0.25) is 5.75 Å². The Morgan fingerprint density at radius 3 is 2.90 bits per heavy atom. The molecular weight excluding hydrogens is 268 g/mol. The lowest BCUT2D eigenvalue weighted by molar-refractivity contribution is 0.339. The number of anilines is 2. The second kappa shape index (κ2) is 5.87. The maximum absolute atomic E-state index is 5.67. The number of aromatic nitrogens is 2. The molecule has 21 heavy (non-hydrogen) atoms. The predicted octanol–water partition coefficient (Wildman–Crippen LogP) is 2.46. The van der Waals surface area contributed by atoms with Gasteiger partial charge in [-0.15, -0.1) is 0 Å². The summed E-state index contributed by atoms with van der Waals surface area (Å²) in [4.78, 5) is 8.49. The first-order chi connectivity index (χ1) is 10.3. The van der Waals surface area contributed by atoms with E-state index in [0.29, 0.717) is 24.0 Å². The molecule has 1 aliphatic rings. The van der Waals surface area contributed by atoms with Crippen LogP contribution in [0.2, 0.25) is 0 Å². The number of nitrogens with zero attached hydrogens (tertiary/aromatic N) is 2. The molecule has 2 heterocycles. The molecule has 2 aromatic rings. The van der Waals surface area contributed by atoms with Gasteiger partial charge in [0, 0.05) is 12.1 Å². The van der Waals surface area contributed by atoms with Crippen LogP contribution in [-0.4, -0.2) is 30.2 Å². The Balaban J connectivity index is 1.87. The molecule has 6 heteroatoms. The Bertz CT molecular complexity index is 633. The molecule has 0 amide bonds. The highest BCUT2D eigenvalue weighted by Gasteiger charge is 2.25. The number of methoxy groups -OCH3 is 1. The molecule has 0 spiro atoms. The van der Waals surface area contributed by atoms with Crippen LogP contribution in [0.4, 0.5) is 11.6 Å². The molecule has 1 aromatic heterocycles. The van der Waals surface area contributed by atoms with E-state index in [2.05, 4.69) is 26.7 Å². The lowest BCUT2D eigenvalue weighted by atomic mass is 10.1. The van der Waals surface area contributed by atoms with Gasteiger partial charge in [0.05, 0.1) is 13.2 Å². The monoisotopic (exact) mass is 286 g/mol. The summed E-state index contributed by atoms with van der Waals surface area (Å²) in [6, 6.07) is 8.05. The van der Waals surface area contributed by atoms with E-state index in [9.17, 15) is 0 Å². The third kappa shape index (κ3) is 2.56. The Kier molecular flexibility index (Phi) is 3.77. The van der Waals surface area contributed by atoms with Crippen molar-refractivity contribution in [2.45, 2.75) is 13.0 Å². The Morgan fingerprint density at radius 2 is 2.10 bits per heavy atom. The Hall–Kier alpha value is -2.50. The maximum Gasteiger partial charge on any atom is 0.204 e. The number of hydrogen-bond acceptors (Lipinski definition) is 6. The van der Waals surface area contributed by atoms with Crippen LogP contribution in [0.5, 0.6) is 11.5 Å². The standard InChI is InChI=1S/C15H18N4O2/c1-3-16-14-13(20-2)15(18-9-17-14)19-11-8-21-12-7-5-4-6-10(11)12/h4-7,9,11H,3,8H2,1-2H3,(H2,16,17,18,19). The molecule has 0 saturated carbocycles. The summed E-state index contributed by atoms with van der Waals surface area (Å²) >= 11 is 0. The average Bonchev–Trinajstić information content (AvgIpc) is 2.91. The molecular formula is C15H18N4O2. The molecule has 1 aromatic carbocycles. The van der Waals surface area contributed by atoms with Crippen LogP contribution in [0.25, 0.3) is 0 Å². The first-order valence-corrected chi connectivity index (χ1v) is 6.94. The zero-order chi connectivity index (χ0) is 14.7. The van der Waals surface area contributed by atoms with Gasteiger partial charge in [-0.2, -0.15) is 0 Å². The van der Waals surface area contributed by atoms with Crippen LogP contribution >= 0.6 is 0 Å². The van der Waals surface area contributed by atoms with E-state index in [1.165, 1.54) is 6.33 Å². The van der Waals surface area contributed by atoms with Gasteiger partial charge in [-0.1, -0.05) is 18.2 Å². The van der Waals surface area contributed by atoms with Crippen molar-refractivity contribution in [3.8, 4) is 11.5 Å². The number of rotatable bonds is 5. The van der Waals surface area contributed by atoms with Gasteiger partial charge in [-0.3, -0.25) is 0 Å². The molecule has 0 radical (unpaired) electrons. The summed E-state index contributed by atoms with van der Waals surface area (Å²) in [5.41, 5.74) is 1.13. The molecule has 1 unspecified atom stereocenters. The van der Waals surface area contributed by atoms with Gasteiger partial charge in [0.25, 0.3) is 0 Å². The third-order valence-corrected chi connectivity index (χ3v) is 3.36. The summed E-state index contributed by atoms with van der Waals surface area (Å²) in [7, 11) is 1.61. The molecule has 2 N–H and O–H groups in total. The van der Waals surface area contributed by atoms with Crippen molar-refractivity contribution in [1.82, 2.24) is 9.97 Å². The zero-order valence-electron chi connectivity index (χ0n) is 12.1. The number of ether oxygens (including phenoxy) is 2. The maximum atomic E-state index is 5.67. The van der Waals surface area contributed by atoms with E-state index >= 15 is 0 Å². The van der Waals surface area contributed by atoms with Crippen molar-refractivity contribution < 1.29 is 9.47 Å². The van der Waals surface area contributed by atoms with Crippen molar-refractivity contribution in [2.75, 3.05) is 30.9 Å².